The maximum Gasteiger partial charge on any atom is 0.326 e. The summed E-state index contributed by atoms with van der Waals surface area (Å²) in [5.74, 6) is 0.851. The van der Waals surface area contributed by atoms with Gasteiger partial charge in [-0.05, 0) is 50.3 Å². The molecule has 1 aromatic rings. The normalized spacial score (nSPS) is 25.2. The van der Waals surface area contributed by atoms with E-state index in [1.54, 1.807) is 0 Å². The highest BCUT2D eigenvalue weighted by molar-refractivity contribution is 6.07. The van der Waals surface area contributed by atoms with Gasteiger partial charge in [-0.25, -0.2) is 9.69 Å². The first-order valence-corrected chi connectivity index (χ1v) is 10.2. The van der Waals surface area contributed by atoms with Crippen molar-refractivity contribution in [3.8, 4) is 5.75 Å². The Hall–Kier alpha value is -2.08. The third kappa shape index (κ3) is 3.43. The average Bonchev–Trinajstić information content (AvgIpc) is 3.23. The number of rotatable bonds is 5. The standard InChI is InChI=1S/C21H29N3O3/c1-2-27-17-10-8-16(9-11-17)18-7-6-14-23(18)15-24-19(25)21(22-20(24)26)12-4-3-5-13-21/h8-11,18H,2-7,12-15H2,1H3,(H,22,26). The first-order chi connectivity index (χ1) is 13.1. The smallest absolute Gasteiger partial charge is 0.326 e. The predicted octanol–water partition coefficient (Wildman–Crippen LogP) is 3.43. The van der Waals surface area contributed by atoms with E-state index in [0.29, 0.717) is 13.3 Å². The maximum atomic E-state index is 13.0. The second-order valence-electron chi connectivity index (χ2n) is 7.92. The van der Waals surface area contributed by atoms with Crippen LogP contribution in [0.1, 0.15) is 63.5 Å². The number of hydrogen-bond donors (Lipinski definition) is 1. The Morgan fingerprint density at radius 2 is 1.85 bits per heavy atom. The second kappa shape index (κ2) is 7.50. The summed E-state index contributed by atoms with van der Waals surface area (Å²) in [5, 5.41) is 3.01. The number of carbonyl (C=O) groups excluding carboxylic acids is 2. The molecule has 0 aromatic heterocycles. The zero-order valence-corrected chi connectivity index (χ0v) is 16.1. The molecule has 1 aliphatic carbocycles. The lowest BCUT2D eigenvalue weighted by molar-refractivity contribution is -0.134. The number of amides is 3. The Labute approximate surface area is 160 Å². The van der Waals surface area contributed by atoms with Crippen LogP contribution in [-0.2, 0) is 4.79 Å². The Kier molecular flexibility index (Phi) is 5.08. The van der Waals surface area contributed by atoms with E-state index < -0.39 is 5.54 Å². The first kappa shape index (κ1) is 18.3. The molecule has 2 heterocycles. The largest absolute Gasteiger partial charge is 0.494 e. The van der Waals surface area contributed by atoms with Gasteiger partial charge in [0.2, 0.25) is 0 Å². The molecular formula is C21H29N3O3. The quantitative estimate of drug-likeness (QED) is 0.806. The van der Waals surface area contributed by atoms with Gasteiger partial charge in [-0.1, -0.05) is 31.4 Å². The molecule has 0 radical (unpaired) electrons. The van der Waals surface area contributed by atoms with Crippen LogP contribution in [0.3, 0.4) is 0 Å². The van der Waals surface area contributed by atoms with Crippen molar-refractivity contribution >= 4 is 11.9 Å². The Morgan fingerprint density at radius 3 is 2.56 bits per heavy atom. The van der Waals surface area contributed by atoms with Crippen LogP contribution >= 0.6 is 0 Å². The fourth-order valence-corrected chi connectivity index (χ4v) is 4.81. The molecule has 3 aliphatic rings. The molecule has 2 aliphatic heterocycles. The van der Waals surface area contributed by atoms with Crippen molar-refractivity contribution in [1.82, 2.24) is 15.1 Å². The van der Waals surface area contributed by atoms with E-state index in [0.717, 1.165) is 57.2 Å². The molecule has 27 heavy (non-hydrogen) atoms. The van der Waals surface area contributed by atoms with Gasteiger partial charge in [0.25, 0.3) is 5.91 Å². The first-order valence-electron chi connectivity index (χ1n) is 10.2. The number of urea groups is 1. The average molecular weight is 371 g/mol. The minimum Gasteiger partial charge on any atom is -0.494 e. The summed E-state index contributed by atoms with van der Waals surface area (Å²) in [4.78, 5) is 29.3. The number of hydrogen-bond acceptors (Lipinski definition) is 4. The van der Waals surface area contributed by atoms with Gasteiger partial charge in [-0.15, -0.1) is 0 Å². The molecule has 6 heteroatoms. The number of carbonyl (C=O) groups is 2. The lowest BCUT2D eigenvalue weighted by Crippen LogP contribution is -2.49. The van der Waals surface area contributed by atoms with Crippen LogP contribution in [0.25, 0.3) is 0 Å². The minimum atomic E-state index is -0.635. The lowest BCUT2D eigenvalue weighted by Gasteiger charge is -2.32. The molecule has 1 N–H and O–H groups in total. The number of nitrogens with one attached hydrogen (secondary N) is 1. The zero-order chi connectivity index (χ0) is 18.9. The van der Waals surface area contributed by atoms with E-state index in [1.807, 2.05) is 19.1 Å². The van der Waals surface area contributed by atoms with Gasteiger partial charge in [0.05, 0.1) is 13.3 Å². The number of nitrogens with zero attached hydrogens (tertiary/aromatic N) is 2. The van der Waals surface area contributed by atoms with Gasteiger partial charge in [-0.2, -0.15) is 0 Å². The molecule has 1 spiro atoms. The number of benzene rings is 1. The van der Waals surface area contributed by atoms with Crippen molar-refractivity contribution in [3.63, 3.8) is 0 Å². The maximum absolute atomic E-state index is 13.0. The van der Waals surface area contributed by atoms with Crippen molar-refractivity contribution < 1.29 is 14.3 Å². The molecule has 1 unspecified atom stereocenters. The number of likely N-dealkylation sites (tertiary alicyclic amines) is 1. The Morgan fingerprint density at radius 1 is 1.11 bits per heavy atom. The topological polar surface area (TPSA) is 61.9 Å². The Balaban J connectivity index is 1.46. The van der Waals surface area contributed by atoms with E-state index in [1.165, 1.54) is 10.5 Å². The lowest BCUT2D eigenvalue weighted by atomic mass is 9.82. The highest BCUT2D eigenvalue weighted by atomic mass is 16.5. The Bertz CT molecular complexity index is 697. The highest BCUT2D eigenvalue weighted by Crippen LogP contribution is 2.36. The third-order valence-electron chi connectivity index (χ3n) is 6.22. The second-order valence-corrected chi connectivity index (χ2v) is 7.92. The van der Waals surface area contributed by atoms with E-state index >= 15 is 0 Å². The summed E-state index contributed by atoms with van der Waals surface area (Å²) < 4.78 is 5.53. The van der Waals surface area contributed by atoms with E-state index in [4.69, 9.17) is 4.74 Å². The molecule has 1 atom stereocenters. The van der Waals surface area contributed by atoms with Crippen LogP contribution in [0.4, 0.5) is 4.79 Å². The van der Waals surface area contributed by atoms with Crippen molar-refractivity contribution in [2.24, 2.45) is 0 Å². The fourth-order valence-electron chi connectivity index (χ4n) is 4.81. The van der Waals surface area contributed by atoms with Crippen LogP contribution in [0.2, 0.25) is 0 Å². The minimum absolute atomic E-state index is 0.0236. The highest BCUT2D eigenvalue weighted by Gasteiger charge is 2.51. The summed E-state index contributed by atoms with van der Waals surface area (Å²) in [5.41, 5.74) is 0.583. The summed E-state index contributed by atoms with van der Waals surface area (Å²) in [6.07, 6.45) is 6.84. The molecule has 4 rings (SSSR count). The molecule has 0 bridgehead atoms. The van der Waals surface area contributed by atoms with E-state index in [9.17, 15) is 9.59 Å². The molecule has 146 valence electrons. The zero-order valence-electron chi connectivity index (χ0n) is 16.1. The molecular weight excluding hydrogens is 342 g/mol. The van der Waals surface area contributed by atoms with Crippen LogP contribution in [-0.4, -0.2) is 47.1 Å². The molecule has 3 fully saturated rings. The van der Waals surface area contributed by atoms with Crippen molar-refractivity contribution in [1.29, 1.82) is 0 Å². The van der Waals surface area contributed by atoms with Crippen LogP contribution < -0.4 is 10.1 Å². The number of imide groups is 1. The molecule has 6 nitrogen and oxygen atoms in total. The SMILES string of the molecule is CCOc1ccc(C2CCCN2CN2C(=O)NC3(CCCCC3)C2=O)cc1. The van der Waals surface area contributed by atoms with Crippen LogP contribution in [0.15, 0.2) is 24.3 Å². The summed E-state index contributed by atoms with van der Waals surface area (Å²) in [6, 6.07) is 8.22. The molecule has 1 aromatic carbocycles. The fraction of sp³-hybridized carbons (Fsp3) is 0.619. The van der Waals surface area contributed by atoms with Gasteiger partial charge in [-0.3, -0.25) is 9.69 Å². The molecule has 2 saturated heterocycles. The van der Waals surface area contributed by atoms with Crippen molar-refractivity contribution in [2.45, 2.75) is 63.5 Å². The van der Waals surface area contributed by atoms with Gasteiger partial charge in [0.1, 0.15) is 11.3 Å². The monoisotopic (exact) mass is 371 g/mol. The van der Waals surface area contributed by atoms with Gasteiger partial charge >= 0.3 is 6.03 Å². The van der Waals surface area contributed by atoms with E-state index in [-0.39, 0.29) is 18.0 Å². The van der Waals surface area contributed by atoms with Crippen LogP contribution in [0, 0.1) is 0 Å². The van der Waals surface area contributed by atoms with Crippen molar-refractivity contribution in [3.05, 3.63) is 29.8 Å². The van der Waals surface area contributed by atoms with Crippen LogP contribution in [0.5, 0.6) is 5.75 Å². The summed E-state index contributed by atoms with van der Waals surface area (Å²) in [7, 11) is 0. The summed E-state index contributed by atoms with van der Waals surface area (Å²) >= 11 is 0. The van der Waals surface area contributed by atoms with Gasteiger partial charge in [0, 0.05) is 12.6 Å². The molecule has 3 amide bonds. The summed E-state index contributed by atoms with van der Waals surface area (Å²) in [6.45, 7) is 3.92. The van der Waals surface area contributed by atoms with E-state index in [2.05, 4.69) is 22.3 Å². The third-order valence-corrected chi connectivity index (χ3v) is 6.22. The predicted molar refractivity (Wildman–Crippen MR) is 102 cm³/mol. The van der Waals surface area contributed by atoms with Crippen molar-refractivity contribution in [2.75, 3.05) is 19.8 Å². The number of ether oxygens (including phenoxy) is 1. The molecule has 1 saturated carbocycles. The van der Waals surface area contributed by atoms with Gasteiger partial charge < -0.3 is 10.1 Å². The van der Waals surface area contributed by atoms with Gasteiger partial charge in [0.15, 0.2) is 0 Å².